The Morgan fingerprint density at radius 1 is 1.40 bits per heavy atom. The minimum atomic E-state index is -0.407. The molecular formula is C13H21N5O2. The Balaban J connectivity index is 1.88. The van der Waals surface area contributed by atoms with Crippen LogP contribution in [0.15, 0.2) is 12.1 Å². The van der Waals surface area contributed by atoms with E-state index in [4.69, 9.17) is 0 Å². The van der Waals surface area contributed by atoms with Crippen molar-refractivity contribution in [2.45, 2.75) is 19.3 Å². The molecule has 7 nitrogen and oxygen atoms in total. The average molecular weight is 279 g/mol. The number of hydrogen-bond acceptors (Lipinski definition) is 6. The van der Waals surface area contributed by atoms with E-state index in [2.05, 4.69) is 20.5 Å². The molecule has 1 fully saturated rings. The van der Waals surface area contributed by atoms with Gasteiger partial charge in [0.15, 0.2) is 0 Å². The number of anilines is 2. The fraction of sp³-hybridized carbons (Fsp3) is 0.615. The van der Waals surface area contributed by atoms with Gasteiger partial charge in [-0.3, -0.25) is 10.1 Å². The summed E-state index contributed by atoms with van der Waals surface area (Å²) in [5, 5.41) is 16.9. The summed E-state index contributed by atoms with van der Waals surface area (Å²) in [6.45, 7) is 4.07. The molecule has 1 aromatic heterocycles. The van der Waals surface area contributed by atoms with E-state index >= 15 is 0 Å². The van der Waals surface area contributed by atoms with Gasteiger partial charge in [-0.25, -0.2) is 4.98 Å². The zero-order chi connectivity index (χ0) is 14.4. The fourth-order valence-electron chi connectivity index (χ4n) is 2.38. The summed E-state index contributed by atoms with van der Waals surface area (Å²) < 4.78 is 0. The number of aromatic nitrogens is 1. The lowest BCUT2D eigenvalue weighted by atomic mass is 10.3. The lowest BCUT2D eigenvalue weighted by Crippen LogP contribution is -2.22. The van der Waals surface area contributed by atoms with Crippen LogP contribution in [0, 0.1) is 10.1 Å². The molecule has 0 aromatic carbocycles. The van der Waals surface area contributed by atoms with Crippen molar-refractivity contribution in [1.29, 1.82) is 0 Å². The van der Waals surface area contributed by atoms with Gasteiger partial charge in [-0.1, -0.05) is 0 Å². The second kappa shape index (κ2) is 7.04. The van der Waals surface area contributed by atoms with Gasteiger partial charge in [0.05, 0.1) is 4.92 Å². The maximum atomic E-state index is 11.0. The van der Waals surface area contributed by atoms with E-state index in [9.17, 15) is 10.1 Å². The Morgan fingerprint density at radius 2 is 2.15 bits per heavy atom. The number of nitrogens with zero attached hydrogens (tertiary/aromatic N) is 3. The highest BCUT2D eigenvalue weighted by molar-refractivity contribution is 5.60. The van der Waals surface area contributed by atoms with Crippen molar-refractivity contribution in [1.82, 2.24) is 9.88 Å². The number of pyridine rings is 1. The van der Waals surface area contributed by atoms with Crippen LogP contribution in [-0.4, -0.2) is 48.0 Å². The molecule has 20 heavy (non-hydrogen) atoms. The summed E-state index contributed by atoms with van der Waals surface area (Å²) in [5.74, 6) is 0.959. The fourth-order valence-corrected chi connectivity index (χ4v) is 2.38. The van der Waals surface area contributed by atoms with Gasteiger partial charge in [0, 0.05) is 19.7 Å². The first-order valence-corrected chi connectivity index (χ1v) is 7.00. The Hall–Kier alpha value is -1.89. The van der Waals surface area contributed by atoms with Gasteiger partial charge in [-0.05, 0) is 45.0 Å². The Kier molecular flexibility index (Phi) is 5.11. The predicted molar refractivity (Wildman–Crippen MR) is 79.2 cm³/mol. The van der Waals surface area contributed by atoms with Crippen LogP contribution in [0.5, 0.6) is 0 Å². The largest absolute Gasteiger partial charge is 0.373 e. The van der Waals surface area contributed by atoms with Gasteiger partial charge >= 0.3 is 5.69 Å². The molecule has 1 aromatic rings. The molecule has 1 saturated heterocycles. The normalized spacial score (nSPS) is 15.2. The zero-order valence-corrected chi connectivity index (χ0v) is 11.8. The van der Waals surface area contributed by atoms with Crippen LogP contribution in [-0.2, 0) is 0 Å². The Bertz CT molecular complexity index is 460. The monoisotopic (exact) mass is 279 g/mol. The van der Waals surface area contributed by atoms with Crippen molar-refractivity contribution < 1.29 is 4.92 Å². The van der Waals surface area contributed by atoms with Gasteiger partial charge in [-0.2, -0.15) is 0 Å². The van der Waals surface area contributed by atoms with E-state index < -0.39 is 4.92 Å². The highest BCUT2D eigenvalue weighted by atomic mass is 16.6. The highest BCUT2D eigenvalue weighted by Gasteiger charge is 2.16. The van der Waals surface area contributed by atoms with E-state index in [0.717, 1.165) is 13.0 Å². The maximum absolute atomic E-state index is 11.0. The van der Waals surface area contributed by atoms with Crippen molar-refractivity contribution >= 4 is 17.3 Å². The van der Waals surface area contributed by atoms with Crippen molar-refractivity contribution in [3.05, 3.63) is 22.2 Å². The Labute approximate surface area is 118 Å². The lowest BCUT2D eigenvalue weighted by molar-refractivity contribution is -0.384. The zero-order valence-electron chi connectivity index (χ0n) is 11.8. The predicted octanol–water partition coefficient (Wildman–Crippen LogP) is 1.93. The molecule has 0 atom stereocenters. The van der Waals surface area contributed by atoms with Gasteiger partial charge in [0.1, 0.15) is 5.82 Å². The van der Waals surface area contributed by atoms with Crippen LogP contribution in [0.1, 0.15) is 19.3 Å². The molecular weight excluding hydrogens is 258 g/mol. The lowest BCUT2D eigenvalue weighted by Gasteiger charge is -2.14. The van der Waals surface area contributed by atoms with Gasteiger partial charge in [-0.15, -0.1) is 0 Å². The molecule has 7 heteroatoms. The number of nitro groups is 1. The first-order valence-electron chi connectivity index (χ1n) is 7.00. The number of likely N-dealkylation sites (tertiary alicyclic amines) is 1. The minimum Gasteiger partial charge on any atom is -0.373 e. The molecule has 0 saturated carbocycles. The molecule has 0 unspecified atom stereocenters. The molecule has 0 aliphatic carbocycles. The SMILES string of the molecule is CNc1ccc([N+](=O)[O-])c(NCCCN2CCCC2)n1. The van der Waals surface area contributed by atoms with Crippen LogP contribution < -0.4 is 10.6 Å². The highest BCUT2D eigenvalue weighted by Crippen LogP contribution is 2.23. The summed E-state index contributed by atoms with van der Waals surface area (Å²) >= 11 is 0. The van der Waals surface area contributed by atoms with E-state index in [1.807, 2.05) is 0 Å². The van der Waals surface area contributed by atoms with Crippen molar-refractivity contribution in [3.63, 3.8) is 0 Å². The first kappa shape index (κ1) is 14.5. The number of hydrogen-bond donors (Lipinski definition) is 2. The second-order valence-electron chi connectivity index (χ2n) is 4.90. The minimum absolute atomic E-state index is 0.0187. The van der Waals surface area contributed by atoms with Crippen molar-refractivity contribution in [3.8, 4) is 0 Å². The number of nitrogens with one attached hydrogen (secondary N) is 2. The van der Waals surface area contributed by atoms with Crippen LogP contribution >= 0.6 is 0 Å². The second-order valence-corrected chi connectivity index (χ2v) is 4.90. The van der Waals surface area contributed by atoms with E-state index in [1.165, 1.54) is 32.0 Å². The third kappa shape index (κ3) is 3.80. The third-order valence-corrected chi connectivity index (χ3v) is 3.47. The molecule has 0 amide bonds. The van der Waals surface area contributed by atoms with E-state index in [1.54, 1.807) is 13.1 Å². The maximum Gasteiger partial charge on any atom is 0.311 e. The van der Waals surface area contributed by atoms with Crippen LogP contribution in [0.4, 0.5) is 17.3 Å². The van der Waals surface area contributed by atoms with Gasteiger partial charge in [0.25, 0.3) is 0 Å². The molecule has 2 N–H and O–H groups in total. The smallest absolute Gasteiger partial charge is 0.311 e. The van der Waals surface area contributed by atoms with Crippen LogP contribution in [0.25, 0.3) is 0 Å². The summed E-state index contributed by atoms with van der Waals surface area (Å²) in [6.07, 6.45) is 3.53. The summed E-state index contributed by atoms with van der Waals surface area (Å²) in [7, 11) is 1.74. The van der Waals surface area contributed by atoms with Crippen LogP contribution in [0.3, 0.4) is 0 Å². The standard InChI is InChI=1S/C13H21N5O2/c1-14-12-6-5-11(18(19)20)13(16-12)15-7-4-10-17-8-2-3-9-17/h5-6H,2-4,7-10H2,1H3,(H2,14,15,16). The molecule has 1 aliphatic heterocycles. The van der Waals surface area contributed by atoms with Crippen molar-refractivity contribution in [2.24, 2.45) is 0 Å². The molecule has 2 heterocycles. The van der Waals surface area contributed by atoms with E-state index in [-0.39, 0.29) is 5.69 Å². The number of rotatable bonds is 7. The molecule has 2 rings (SSSR count). The third-order valence-electron chi connectivity index (χ3n) is 3.47. The quantitative estimate of drug-likeness (QED) is 0.451. The van der Waals surface area contributed by atoms with Gasteiger partial charge in [0.2, 0.25) is 5.82 Å². The molecule has 110 valence electrons. The average Bonchev–Trinajstić information content (AvgIpc) is 2.96. The van der Waals surface area contributed by atoms with E-state index in [0.29, 0.717) is 18.2 Å². The molecule has 0 bridgehead atoms. The van der Waals surface area contributed by atoms with Gasteiger partial charge < -0.3 is 15.5 Å². The topological polar surface area (TPSA) is 83.3 Å². The van der Waals surface area contributed by atoms with Crippen LogP contribution in [0.2, 0.25) is 0 Å². The molecule has 1 aliphatic rings. The summed E-state index contributed by atoms with van der Waals surface area (Å²) in [6, 6.07) is 3.08. The molecule has 0 radical (unpaired) electrons. The molecule has 0 spiro atoms. The summed E-state index contributed by atoms with van der Waals surface area (Å²) in [4.78, 5) is 17.2. The van der Waals surface area contributed by atoms with Crippen molar-refractivity contribution in [2.75, 3.05) is 43.9 Å². The Morgan fingerprint density at radius 3 is 2.80 bits per heavy atom. The first-order chi connectivity index (χ1) is 9.70. The summed E-state index contributed by atoms with van der Waals surface area (Å²) in [5.41, 5.74) is 0.0187.